The number of anilines is 1. The van der Waals surface area contributed by atoms with Crippen LogP contribution in [-0.4, -0.2) is 19.7 Å². The van der Waals surface area contributed by atoms with Crippen LogP contribution in [0.25, 0.3) is 10.2 Å². The lowest BCUT2D eigenvalue weighted by Gasteiger charge is -2.06. The topological polar surface area (TPSA) is 78.8 Å². The van der Waals surface area contributed by atoms with Crippen LogP contribution in [0.15, 0.2) is 11.4 Å². The Kier molecular flexibility index (Phi) is 2.63. The predicted molar refractivity (Wildman–Crippen MR) is 74.6 cm³/mol. The number of rotatable bonds is 2. The van der Waals surface area contributed by atoms with Crippen LogP contribution >= 0.6 is 11.3 Å². The number of hydrogen-bond donors (Lipinski definition) is 1. The number of nitrogen functional groups attached to an aromatic ring is 1. The molecular formula is C12H13N5OS. The molecule has 3 aromatic heterocycles. The molecule has 3 aromatic rings. The van der Waals surface area contributed by atoms with Gasteiger partial charge in [0.15, 0.2) is 5.75 Å². The standard InChI is InChI=1S/C12H13N5OS/c1-6-9(7(2)17(3)16-6)18-10-8-4-5-19-11(8)15-12(13)14-10/h4-5H,1-3H3,(H2,13,14,15). The van der Waals surface area contributed by atoms with Gasteiger partial charge in [0.2, 0.25) is 11.8 Å². The van der Waals surface area contributed by atoms with E-state index in [1.165, 1.54) is 11.3 Å². The molecule has 98 valence electrons. The summed E-state index contributed by atoms with van der Waals surface area (Å²) in [6, 6.07) is 1.93. The summed E-state index contributed by atoms with van der Waals surface area (Å²) in [5.41, 5.74) is 7.47. The Morgan fingerprint density at radius 2 is 2.11 bits per heavy atom. The fourth-order valence-electron chi connectivity index (χ4n) is 1.92. The number of aryl methyl sites for hydroxylation is 2. The van der Waals surface area contributed by atoms with E-state index in [1.807, 2.05) is 32.3 Å². The van der Waals surface area contributed by atoms with Gasteiger partial charge in [-0.2, -0.15) is 10.1 Å². The molecule has 0 unspecified atom stereocenters. The molecule has 0 saturated heterocycles. The SMILES string of the molecule is Cc1nn(C)c(C)c1Oc1nc(N)nc2sccc12. The fraction of sp³-hybridized carbons (Fsp3) is 0.250. The van der Waals surface area contributed by atoms with E-state index in [-0.39, 0.29) is 5.95 Å². The van der Waals surface area contributed by atoms with Crippen molar-refractivity contribution in [2.45, 2.75) is 13.8 Å². The molecule has 0 atom stereocenters. The van der Waals surface area contributed by atoms with Crippen molar-refractivity contribution >= 4 is 27.5 Å². The number of ether oxygens (including phenoxy) is 1. The van der Waals surface area contributed by atoms with Crippen molar-refractivity contribution < 1.29 is 4.74 Å². The minimum atomic E-state index is 0.212. The molecule has 0 aliphatic heterocycles. The van der Waals surface area contributed by atoms with E-state index in [4.69, 9.17) is 10.5 Å². The molecule has 2 N–H and O–H groups in total. The van der Waals surface area contributed by atoms with Gasteiger partial charge < -0.3 is 10.5 Å². The summed E-state index contributed by atoms with van der Waals surface area (Å²) >= 11 is 1.51. The largest absolute Gasteiger partial charge is 0.434 e. The van der Waals surface area contributed by atoms with E-state index in [9.17, 15) is 0 Å². The Bertz CT molecular complexity index is 761. The van der Waals surface area contributed by atoms with E-state index in [0.717, 1.165) is 21.6 Å². The highest BCUT2D eigenvalue weighted by Crippen LogP contribution is 2.33. The molecule has 0 aliphatic carbocycles. The zero-order valence-electron chi connectivity index (χ0n) is 10.8. The Labute approximate surface area is 113 Å². The molecule has 6 nitrogen and oxygen atoms in total. The summed E-state index contributed by atoms with van der Waals surface area (Å²) in [6.45, 7) is 3.85. The molecule has 3 heterocycles. The van der Waals surface area contributed by atoms with Gasteiger partial charge in [-0.15, -0.1) is 11.3 Å². The molecule has 7 heteroatoms. The van der Waals surface area contributed by atoms with E-state index in [1.54, 1.807) is 4.68 Å². The lowest BCUT2D eigenvalue weighted by Crippen LogP contribution is -1.98. The van der Waals surface area contributed by atoms with Crippen LogP contribution in [0.5, 0.6) is 11.6 Å². The average Bonchev–Trinajstić information content (AvgIpc) is 2.90. The first kappa shape index (κ1) is 11.9. The molecule has 0 aliphatic rings. The third kappa shape index (κ3) is 1.91. The van der Waals surface area contributed by atoms with Gasteiger partial charge in [0.05, 0.1) is 11.1 Å². The number of hydrogen-bond acceptors (Lipinski definition) is 6. The number of fused-ring (bicyclic) bond motifs is 1. The van der Waals surface area contributed by atoms with E-state index >= 15 is 0 Å². The summed E-state index contributed by atoms with van der Waals surface area (Å²) in [6.07, 6.45) is 0. The van der Waals surface area contributed by atoms with Crippen LogP contribution in [0.2, 0.25) is 0 Å². The van der Waals surface area contributed by atoms with Crippen molar-refractivity contribution in [1.82, 2.24) is 19.7 Å². The van der Waals surface area contributed by atoms with E-state index in [2.05, 4.69) is 15.1 Å². The van der Waals surface area contributed by atoms with Crippen molar-refractivity contribution in [2.75, 3.05) is 5.73 Å². The smallest absolute Gasteiger partial charge is 0.233 e. The second-order valence-electron chi connectivity index (χ2n) is 4.25. The lowest BCUT2D eigenvalue weighted by atomic mass is 10.3. The number of aromatic nitrogens is 4. The Morgan fingerprint density at radius 3 is 2.79 bits per heavy atom. The molecule has 19 heavy (non-hydrogen) atoms. The van der Waals surface area contributed by atoms with Crippen LogP contribution in [-0.2, 0) is 7.05 Å². The van der Waals surface area contributed by atoms with Crippen molar-refractivity contribution in [3.05, 3.63) is 22.8 Å². The highest BCUT2D eigenvalue weighted by Gasteiger charge is 2.15. The highest BCUT2D eigenvalue weighted by atomic mass is 32.1. The normalized spacial score (nSPS) is 11.1. The van der Waals surface area contributed by atoms with Gasteiger partial charge in [-0.3, -0.25) is 4.68 Å². The molecule has 0 aromatic carbocycles. The second-order valence-corrected chi connectivity index (χ2v) is 5.15. The molecule has 0 fully saturated rings. The quantitative estimate of drug-likeness (QED) is 0.777. The summed E-state index contributed by atoms with van der Waals surface area (Å²) in [5.74, 6) is 1.40. The number of thiophene rings is 1. The first-order chi connectivity index (χ1) is 9.06. The Hall–Kier alpha value is -2.15. The summed E-state index contributed by atoms with van der Waals surface area (Å²) in [4.78, 5) is 9.17. The van der Waals surface area contributed by atoms with E-state index < -0.39 is 0 Å². The third-order valence-electron chi connectivity index (χ3n) is 2.95. The first-order valence-corrected chi connectivity index (χ1v) is 6.63. The minimum Gasteiger partial charge on any atom is -0.434 e. The first-order valence-electron chi connectivity index (χ1n) is 5.75. The van der Waals surface area contributed by atoms with Crippen molar-refractivity contribution in [3.8, 4) is 11.6 Å². The third-order valence-corrected chi connectivity index (χ3v) is 3.76. The molecule has 0 spiro atoms. The van der Waals surface area contributed by atoms with Crippen molar-refractivity contribution in [3.63, 3.8) is 0 Å². The Morgan fingerprint density at radius 1 is 1.32 bits per heavy atom. The monoisotopic (exact) mass is 275 g/mol. The van der Waals surface area contributed by atoms with Gasteiger partial charge in [0.25, 0.3) is 0 Å². The van der Waals surface area contributed by atoms with E-state index in [0.29, 0.717) is 11.6 Å². The highest BCUT2D eigenvalue weighted by molar-refractivity contribution is 7.16. The summed E-state index contributed by atoms with van der Waals surface area (Å²) in [5, 5.41) is 7.12. The molecule has 0 saturated carbocycles. The number of nitrogens with zero attached hydrogens (tertiary/aromatic N) is 4. The molecular weight excluding hydrogens is 262 g/mol. The van der Waals surface area contributed by atoms with Gasteiger partial charge in [0.1, 0.15) is 10.5 Å². The molecule has 3 rings (SSSR count). The fourth-order valence-corrected chi connectivity index (χ4v) is 2.68. The van der Waals surface area contributed by atoms with Crippen LogP contribution in [0, 0.1) is 13.8 Å². The zero-order valence-corrected chi connectivity index (χ0v) is 11.7. The maximum Gasteiger partial charge on any atom is 0.233 e. The van der Waals surface area contributed by atoms with Crippen molar-refractivity contribution in [2.24, 2.45) is 7.05 Å². The molecule has 0 bridgehead atoms. The zero-order chi connectivity index (χ0) is 13.6. The second kappa shape index (κ2) is 4.20. The van der Waals surface area contributed by atoms with Crippen LogP contribution in [0.4, 0.5) is 5.95 Å². The van der Waals surface area contributed by atoms with Crippen LogP contribution in [0.1, 0.15) is 11.4 Å². The van der Waals surface area contributed by atoms with Gasteiger partial charge in [0, 0.05) is 7.05 Å². The van der Waals surface area contributed by atoms with Crippen molar-refractivity contribution in [1.29, 1.82) is 0 Å². The van der Waals surface area contributed by atoms with Gasteiger partial charge in [-0.05, 0) is 25.3 Å². The maximum absolute atomic E-state index is 5.91. The van der Waals surface area contributed by atoms with Gasteiger partial charge >= 0.3 is 0 Å². The lowest BCUT2D eigenvalue weighted by molar-refractivity contribution is 0.461. The van der Waals surface area contributed by atoms with Crippen LogP contribution < -0.4 is 10.5 Å². The van der Waals surface area contributed by atoms with Gasteiger partial charge in [-0.25, -0.2) is 4.98 Å². The molecule has 0 radical (unpaired) electrons. The van der Waals surface area contributed by atoms with Crippen LogP contribution in [0.3, 0.4) is 0 Å². The summed E-state index contributed by atoms with van der Waals surface area (Å²) < 4.78 is 7.68. The summed E-state index contributed by atoms with van der Waals surface area (Å²) in [7, 11) is 1.88. The maximum atomic E-state index is 5.91. The minimum absolute atomic E-state index is 0.212. The predicted octanol–water partition coefficient (Wildman–Crippen LogP) is 2.42. The number of nitrogens with two attached hydrogens (primary N) is 1. The molecule has 0 amide bonds. The van der Waals surface area contributed by atoms with Gasteiger partial charge in [-0.1, -0.05) is 0 Å². The average molecular weight is 275 g/mol. The Balaban J connectivity index is 2.12.